The molecule has 0 aliphatic carbocycles. The molecule has 1 atom stereocenters. The van der Waals surface area contributed by atoms with Crippen molar-refractivity contribution in [1.82, 2.24) is 0 Å². The fraction of sp³-hybridized carbons (Fsp3) is 0.200. The summed E-state index contributed by atoms with van der Waals surface area (Å²) in [6, 6.07) is 6.87. The number of hydrogen-bond acceptors (Lipinski definition) is 2. The Balaban J connectivity index is 2.51. The molecule has 2 rings (SSSR count). The Hall–Kier alpha value is -1.46. The summed E-state index contributed by atoms with van der Waals surface area (Å²) in [5.74, 6) is -0.694. The van der Waals surface area contributed by atoms with Crippen molar-refractivity contribution in [2.75, 3.05) is 7.11 Å². The Morgan fingerprint density at radius 3 is 2.45 bits per heavy atom. The second kappa shape index (κ2) is 5.89. The summed E-state index contributed by atoms with van der Waals surface area (Å²) >= 11 is 3.33. The largest absolute Gasteiger partial charge is 0.496 e. The quantitative estimate of drug-likeness (QED) is 0.912. The molecule has 106 valence electrons. The van der Waals surface area contributed by atoms with Crippen LogP contribution in [0.1, 0.15) is 22.7 Å². The second-order valence-corrected chi connectivity index (χ2v) is 5.40. The molecule has 0 bridgehead atoms. The first kappa shape index (κ1) is 14.9. The van der Waals surface area contributed by atoms with Crippen molar-refractivity contribution < 1.29 is 13.5 Å². The normalized spacial score (nSPS) is 12.3. The molecule has 0 amide bonds. The van der Waals surface area contributed by atoms with Crippen molar-refractivity contribution in [3.8, 4) is 5.75 Å². The molecule has 0 saturated heterocycles. The van der Waals surface area contributed by atoms with Gasteiger partial charge in [0.05, 0.1) is 13.2 Å². The van der Waals surface area contributed by atoms with E-state index in [1.54, 1.807) is 25.1 Å². The summed E-state index contributed by atoms with van der Waals surface area (Å²) in [5.41, 5.74) is 7.34. The van der Waals surface area contributed by atoms with Crippen LogP contribution < -0.4 is 10.5 Å². The Morgan fingerprint density at radius 2 is 1.80 bits per heavy atom. The number of rotatable bonds is 3. The molecule has 5 heteroatoms. The van der Waals surface area contributed by atoms with Gasteiger partial charge in [0.2, 0.25) is 0 Å². The van der Waals surface area contributed by atoms with Crippen LogP contribution in [0.2, 0.25) is 0 Å². The molecule has 2 nitrogen and oxygen atoms in total. The number of benzene rings is 2. The van der Waals surface area contributed by atoms with E-state index in [0.29, 0.717) is 16.9 Å². The minimum atomic E-state index is -0.725. The van der Waals surface area contributed by atoms with E-state index in [1.807, 2.05) is 0 Å². The molecule has 0 fully saturated rings. The highest BCUT2D eigenvalue weighted by atomic mass is 79.9. The van der Waals surface area contributed by atoms with Gasteiger partial charge >= 0.3 is 0 Å². The molecular weight excluding hydrogens is 328 g/mol. The SMILES string of the molecule is COc1cc(Br)ccc1C(N)c1cc(C)c(F)cc1F. The lowest BCUT2D eigenvalue weighted by Crippen LogP contribution is -2.15. The molecule has 0 heterocycles. The molecule has 2 aromatic carbocycles. The highest BCUT2D eigenvalue weighted by Crippen LogP contribution is 2.32. The van der Waals surface area contributed by atoms with Gasteiger partial charge in [-0.2, -0.15) is 0 Å². The number of methoxy groups -OCH3 is 1. The third kappa shape index (κ3) is 2.83. The predicted octanol–water partition coefficient (Wildman–Crippen LogP) is 4.09. The van der Waals surface area contributed by atoms with Crippen LogP contribution in [0.5, 0.6) is 5.75 Å². The van der Waals surface area contributed by atoms with Crippen molar-refractivity contribution in [3.05, 3.63) is 63.1 Å². The molecule has 1 unspecified atom stereocenters. The third-order valence-corrected chi connectivity index (χ3v) is 3.64. The van der Waals surface area contributed by atoms with E-state index in [1.165, 1.54) is 13.2 Å². The van der Waals surface area contributed by atoms with Crippen LogP contribution >= 0.6 is 15.9 Å². The lowest BCUT2D eigenvalue weighted by Gasteiger charge is -2.17. The highest BCUT2D eigenvalue weighted by Gasteiger charge is 2.19. The first-order chi connectivity index (χ1) is 9.43. The molecule has 0 aliphatic heterocycles. The monoisotopic (exact) mass is 341 g/mol. The molecule has 0 aliphatic rings. The van der Waals surface area contributed by atoms with Crippen LogP contribution in [0, 0.1) is 18.6 Å². The summed E-state index contributed by atoms with van der Waals surface area (Å²) in [6.07, 6.45) is 0. The van der Waals surface area contributed by atoms with Gasteiger partial charge < -0.3 is 10.5 Å². The second-order valence-electron chi connectivity index (χ2n) is 4.49. The van der Waals surface area contributed by atoms with Crippen LogP contribution in [-0.2, 0) is 0 Å². The van der Waals surface area contributed by atoms with Crippen molar-refractivity contribution in [2.24, 2.45) is 5.73 Å². The average Bonchev–Trinajstić information content (AvgIpc) is 2.42. The zero-order valence-corrected chi connectivity index (χ0v) is 12.7. The summed E-state index contributed by atoms with van der Waals surface area (Å²) in [4.78, 5) is 0. The highest BCUT2D eigenvalue weighted by molar-refractivity contribution is 9.10. The van der Waals surface area contributed by atoms with Crippen LogP contribution in [-0.4, -0.2) is 7.11 Å². The first-order valence-corrected chi connectivity index (χ1v) is 6.78. The van der Waals surface area contributed by atoms with Crippen molar-refractivity contribution in [3.63, 3.8) is 0 Å². The lowest BCUT2D eigenvalue weighted by atomic mass is 9.96. The van der Waals surface area contributed by atoms with Gasteiger partial charge in [0, 0.05) is 21.7 Å². The fourth-order valence-electron chi connectivity index (χ4n) is 2.03. The third-order valence-electron chi connectivity index (χ3n) is 3.14. The van der Waals surface area contributed by atoms with Crippen molar-refractivity contribution >= 4 is 15.9 Å². The van der Waals surface area contributed by atoms with E-state index in [0.717, 1.165) is 10.5 Å². The van der Waals surface area contributed by atoms with Crippen LogP contribution in [0.3, 0.4) is 0 Å². The summed E-state index contributed by atoms with van der Waals surface area (Å²) < 4.78 is 33.3. The first-order valence-electron chi connectivity index (χ1n) is 5.98. The Labute approximate surface area is 124 Å². The van der Waals surface area contributed by atoms with Gasteiger partial charge in [-0.1, -0.05) is 22.0 Å². The Morgan fingerprint density at radius 1 is 1.10 bits per heavy atom. The molecule has 2 aromatic rings. The smallest absolute Gasteiger partial charge is 0.131 e. The van der Waals surface area contributed by atoms with Gasteiger partial charge in [0.15, 0.2) is 0 Å². The molecular formula is C15H14BrF2NO. The molecule has 2 N–H and O–H groups in total. The summed E-state index contributed by atoms with van der Waals surface area (Å²) in [6.45, 7) is 1.57. The zero-order chi connectivity index (χ0) is 14.9. The molecule has 0 radical (unpaired) electrons. The summed E-state index contributed by atoms with van der Waals surface area (Å²) in [7, 11) is 1.52. The minimum Gasteiger partial charge on any atom is -0.496 e. The van der Waals surface area contributed by atoms with E-state index in [4.69, 9.17) is 10.5 Å². The maximum atomic E-state index is 13.9. The van der Waals surface area contributed by atoms with Crippen molar-refractivity contribution in [1.29, 1.82) is 0 Å². The summed E-state index contributed by atoms with van der Waals surface area (Å²) in [5, 5.41) is 0. The number of aryl methyl sites for hydroxylation is 1. The van der Waals surface area contributed by atoms with Crippen molar-refractivity contribution in [2.45, 2.75) is 13.0 Å². The van der Waals surface area contributed by atoms with E-state index < -0.39 is 17.7 Å². The number of hydrogen-bond donors (Lipinski definition) is 1. The van der Waals surface area contributed by atoms with Gasteiger partial charge in [0.25, 0.3) is 0 Å². The number of nitrogens with two attached hydrogens (primary N) is 1. The maximum absolute atomic E-state index is 13.9. The molecule has 0 aromatic heterocycles. The van der Waals surface area contributed by atoms with Gasteiger partial charge in [-0.15, -0.1) is 0 Å². The predicted molar refractivity (Wildman–Crippen MR) is 77.8 cm³/mol. The molecule has 0 saturated carbocycles. The Bertz CT molecular complexity index is 646. The number of ether oxygens (including phenoxy) is 1. The molecule has 20 heavy (non-hydrogen) atoms. The average molecular weight is 342 g/mol. The Kier molecular flexibility index (Phi) is 4.40. The van der Waals surface area contributed by atoms with Gasteiger partial charge in [-0.3, -0.25) is 0 Å². The van der Waals surface area contributed by atoms with Gasteiger partial charge in [-0.05, 0) is 30.7 Å². The van der Waals surface area contributed by atoms with E-state index in [9.17, 15) is 8.78 Å². The lowest BCUT2D eigenvalue weighted by molar-refractivity contribution is 0.407. The van der Waals surface area contributed by atoms with Crippen LogP contribution in [0.15, 0.2) is 34.8 Å². The molecule has 0 spiro atoms. The minimum absolute atomic E-state index is 0.240. The van der Waals surface area contributed by atoms with Gasteiger partial charge in [0.1, 0.15) is 17.4 Å². The van der Waals surface area contributed by atoms with E-state index in [2.05, 4.69) is 15.9 Å². The fourth-order valence-corrected chi connectivity index (χ4v) is 2.37. The number of halogens is 3. The standard InChI is InChI=1S/C15H14BrF2NO/c1-8-5-11(13(18)7-12(8)17)15(19)10-4-3-9(16)6-14(10)20-2/h3-7,15H,19H2,1-2H3. The van der Waals surface area contributed by atoms with Crippen LogP contribution in [0.25, 0.3) is 0 Å². The van der Waals surface area contributed by atoms with E-state index >= 15 is 0 Å². The maximum Gasteiger partial charge on any atom is 0.131 e. The zero-order valence-electron chi connectivity index (χ0n) is 11.1. The van der Waals surface area contributed by atoms with Crippen LogP contribution in [0.4, 0.5) is 8.78 Å². The van der Waals surface area contributed by atoms with E-state index in [-0.39, 0.29) is 5.56 Å². The van der Waals surface area contributed by atoms with Gasteiger partial charge in [-0.25, -0.2) is 8.78 Å². The topological polar surface area (TPSA) is 35.2 Å².